The number of hydrogen-bond donors (Lipinski definition) is 2. The first-order valence-electron chi connectivity index (χ1n) is 6.54. The highest BCUT2D eigenvalue weighted by molar-refractivity contribution is 5.95. The number of anilines is 1. The summed E-state index contributed by atoms with van der Waals surface area (Å²) in [5, 5.41) is 7.32. The molecule has 0 spiro atoms. The molecule has 1 fully saturated rings. The molecule has 3 N–H and O–H groups in total. The van der Waals surface area contributed by atoms with Crippen molar-refractivity contribution in [1.82, 2.24) is 4.90 Å². The van der Waals surface area contributed by atoms with Gasteiger partial charge in [0.05, 0.1) is 5.69 Å². The smallest absolute Gasteiger partial charge is 0.147 e. The van der Waals surface area contributed by atoms with Crippen molar-refractivity contribution in [3.05, 3.63) is 29.6 Å². The van der Waals surface area contributed by atoms with Crippen LogP contribution in [0, 0.1) is 11.2 Å². The normalized spacial score (nSPS) is 20.3. The maximum absolute atomic E-state index is 14.1. The van der Waals surface area contributed by atoms with Crippen molar-refractivity contribution in [2.75, 3.05) is 32.1 Å². The van der Waals surface area contributed by atoms with Crippen molar-refractivity contribution >= 4 is 11.5 Å². The number of nitrogens with one attached hydrogen (secondary N) is 1. The molecule has 1 aromatic carbocycles. The number of hydrogen-bond acceptors (Lipinski definition) is 3. The molecule has 1 aromatic rings. The topological polar surface area (TPSA) is 56.4 Å². The third kappa shape index (κ3) is 3.04. The fourth-order valence-corrected chi connectivity index (χ4v) is 2.61. The van der Waals surface area contributed by atoms with Gasteiger partial charge in [0.1, 0.15) is 11.7 Å². The van der Waals surface area contributed by atoms with Gasteiger partial charge in [-0.2, -0.15) is 0 Å². The van der Waals surface area contributed by atoms with Gasteiger partial charge in [0.15, 0.2) is 0 Å². The third-order valence-electron chi connectivity index (χ3n) is 3.79. The van der Waals surface area contributed by atoms with E-state index in [1.54, 1.807) is 12.1 Å². The Morgan fingerprint density at radius 2 is 2.26 bits per heavy atom. The van der Waals surface area contributed by atoms with Crippen molar-refractivity contribution in [2.45, 2.75) is 18.9 Å². The van der Waals surface area contributed by atoms with E-state index in [4.69, 9.17) is 11.1 Å². The summed E-state index contributed by atoms with van der Waals surface area (Å²) < 4.78 is 14.1. The average Bonchev–Trinajstić information content (AvgIpc) is 2.37. The van der Waals surface area contributed by atoms with E-state index in [-0.39, 0.29) is 11.7 Å². The number of likely N-dealkylation sites (N-methyl/N-ethyl adjacent to an activating group) is 2. The summed E-state index contributed by atoms with van der Waals surface area (Å²) in [4.78, 5) is 4.27. The molecule has 1 unspecified atom stereocenters. The molecule has 2 rings (SSSR count). The first kappa shape index (κ1) is 13.8. The molecule has 1 aliphatic rings. The Kier molecular flexibility index (Phi) is 4.04. The minimum atomic E-state index is -0.316. The van der Waals surface area contributed by atoms with Crippen LogP contribution in [0.3, 0.4) is 0 Å². The summed E-state index contributed by atoms with van der Waals surface area (Å²) in [7, 11) is 4.02. The van der Waals surface area contributed by atoms with Crippen molar-refractivity contribution < 1.29 is 4.39 Å². The molecule has 0 radical (unpaired) electrons. The molecule has 104 valence electrons. The van der Waals surface area contributed by atoms with Gasteiger partial charge >= 0.3 is 0 Å². The number of likely N-dealkylation sites (tertiary alicyclic amines) is 1. The largest absolute Gasteiger partial charge is 0.384 e. The number of nitrogens with zero attached hydrogens (tertiary/aromatic N) is 2. The van der Waals surface area contributed by atoms with Gasteiger partial charge in [0.2, 0.25) is 0 Å². The van der Waals surface area contributed by atoms with Crippen molar-refractivity contribution in [3.63, 3.8) is 0 Å². The SMILES string of the molecule is CN1CCCC(N(C)c2ccc(C(=N)N)cc2F)C1. The van der Waals surface area contributed by atoms with E-state index in [9.17, 15) is 4.39 Å². The Labute approximate surface area is 113 Å². The molecule has 1 heterocycles. The lowest BCUT2D eigenvalue weighted by Crippen LogP contribution is -2.45. The summed E-state index contributed by atoms with van der Waals surface area (Å²) in [5.74, 6) is -0.422. The van der Waals surface area contributed by atoms with Crippen LogP contribution in [0.2, 0.25) is 0 Å². The van der Waals surface area contributed by atoms with Gasteiger partial charge in [0, 0.05) is 25.2 Å². The molecule has 1 saturated heterocycles. The van der Waals surface area contributed by atoms with Crippen LogP contribution in [0.15, 0.2) is 18.2 Å². The van der Waals surface area contributed by atoms with Gasteiger partial charge in [-0.25, -0.2) is 4.39 Å². The summed E-state index contributed by atoms with van der Waals surface area (Å²) in [6, 6.07) is 5.07. The summed E-state index contributed by atoms with van der Waals surface area (Å²) in [5.41, 5.74) is 6.37. The third-order valence-corrected chi connectivity index (χ3v) is 3.79. The summed E-state index contributed by atoms with van der Waals surface area (Å²) in [6.45, 7) is 2.06. The molecule has 0 aliphatic carbocycles. The van der Waals surface area contributed by atoms with Gasteiger partial charge < -0.3 is 15.5 Å². The van der Waals surface area contributed by atoms with Gasteiger partial charge in [0.25, 0.3) is 0 Å². The van der Waals surface area contributed by atoms with Crippen LogP contribution in [-0.4, -0.2) is 44.0 Å². The maximum Gasteiger partial charge on any atom is 0.147 e. The predicted octanol–water partition coefficient (Wildman–Crippen LogP) is 1.64. The van der Waals surface area contributed by atoms with Crippen molar-refractivity contribution in [1.29, 1.82) is 5.41 Å². The molecule has 1 atom stereocenters. The van der Waals surface area contributed by atoms with E-state index in [1.165, 1.54) is 6.07 Å². The molecule has 0 aromatic heterocycles. The zero-order chi connectivity index (χ0) is 14.0. The maximum atomic E-state index is 14.1. The van der Waals surface area contributed by atoms with E-state index in [2.05, 4.69) is 11.9 Å². The Balaban J connectivity index is 2.19. The van der Waals surface area contributed by atoms with Crippen LogP contribution in [0.25, 0.3) is 0 Å². The fourth-order valence-electron chi connectivity index (χ4n) is 2.61. The number of rotatable bonds is 3. The average molecular weight is 264 g/mol. The van der Waals surface area contributed by atoms with Gasteiger partial charge in [-0.1, -0.05) is 0 Å². The molecular formula is C14H21FN4. The lowest BCUT2D eigenvalue weighted by molar-refractivity contribution is 0.247. The Morgan fingerprint density at radius 3 is 2.84 bits per heavy atom. The van der Waals surface area contributed by atoms with Crippen LogP contribution >= 0.6 is 0 Å². The van der Waals surface area contributed by atoms with Crippen LogP contribution in [0.4, 0.5) is 10.1 Å². The number of halogens is 1. The Morgan fingerprint density at radius 1 is 1.53 bits per heavy atom. The zero-order valence-electron chi connectivity index (χ0n) is 11.5. The highest BCUT2D eigenvalue weighted by Crippen LogP contribution is 2.24. The van der Waals surface area contributed by atoms with Crippen LogP contribution in [0.1, 0.15) is 18.4 Å². The number of nitrogens with two attached hydrogens (primary N) is 1. The number of benzene rings is 1. The first-order chi connectivity index (χ1) is 8.99. The Hall–Kier alpha value is -1.62. The van der Waals surface area contributed by atoms with E-state index in [0.717, 1.165) is 25.9 Å². The first-order valence-corrected chi connectivity index (χ1v) is 6.54. The van der Waals surface area contributed by atoms with E-state index < -0.39 is 0 Å². The minimum Gasteiger partial charge on any atom is -0.384 e. The second-order valence-corrected chi connectivity index (χ2v) is 5.25. The van der Waals surface area contributed by atoms with Gasteiger partial charge in [-0.05, 0) is 44.6 Å². The highest BCUT2D eigenvalue weighted by atomic mass is 19.1. The molecular weight excluding hydrogens is 243 g/mol. The summed E-state index contributed by atoms with van der Waals surface area (Å²) in [6.07, 6.45) is 2.22. The lowest BCUT2D eigenvalue weighted by Gasteiger charge is -2.37. The van der Waals surface area contributed by atoms with Crippen LogP contribution < -0.4 is 10.6 Å². The second kappa shape index (κ2) is 5.57. The van der Waals surface area contributed by atoms with Crippen molar-refractivity contribution in [3.8, 4) is 0 Å². The van der Waals surface area contributed by atoms with Gasteiger partial charge in [-0.3, -0.25) is 5.41 Å². The molecule has 0 saturated carbocycles. The van der Waals surface area contributed by atoms with Crippen molar-refractivity contribution in [2.24, 2.45) is 5.73 Å². The molecule has 5 heteroatoms. The molecule has 19 heavy (non-hydrogen) atoms. The van der Waals surface area contributed by atoms with Crippen LogP contribution in [0.5, 0.6) is 0 Å². The fraction of sp³-hybridized carbons (Fsp3) is 0.500. The quantitative estimate of drug-likeness (QED) is 0.644. The van der Waals surface area contributed by atoms with E-state index in [0.29, 0.717) is 17.3 Å². The Bertz CT molecular complexity index is 475. The second-order valence-electron chi connectivity index (χ2n) is 5.25. The molecule has 0 amide bonds. The zero-order valence-corrected chi connectivity index (χ0v) is 11.5. The minimum absolute atomic E-state index is 0.106. The predicted molar refractivity (Wildman–Crippen MR) is 76.3 cm³/mol. The number of nitrogen functional groups attached to an aromatic ring is 1. The summed E-state index contributed by atoms with van der Waals surface area (Å²) >= 11 is 0. The highest BCUT2D eigenvalue weighted by Gasteiger charge is 2.23. The number of piperidine rings is 1. The molecule has 4 nitrogen and oxygen atoms in total. The standard InChI is InChI=1S/C14H21FN4/c1-18-7-3-4-11(9-18)19(2)13-6-5-10(14(16)17)8-12(13)15/h5-6,8,11H,3-4,7,9H2,1-2H3,(H3,16,17). The molecule has 1 aliphatic heterocycles. The number of amidine groups is 1. The van der Waals surface area contributed by atoms with E-state index in [1.807, 2.05) is 11.9 Å². The van der Waals surface area contributed by atoms with E-state index >= 15 is 0 Å². The van der Waals surface area contributed by atoms with Crippen LogP contribution in [-0.2, 0) is 0 Å². The van der Waals surface area contributed by atoms with Gasteiger partial charge in [-0.15, -0.1) is 0 Å². The lowest BCUT2D eigenvalue weighted by atomic mass is 10.0. The molecule has 0 bridgehead atoms. The monoisotopic (exact) mass is 264 g/mol.